The Labute approximate surface area is 92.3 Å². The monoisotopic (exact) mass is 256 g/mol. The van der Waals surface area contributed by atoms with Gasteiger partial charge in [-0.05, 0) is 40.5 Å². The van der Waals surface area contributed by atoms with E-state index in [0.29, 0.717) is 6.61 Å². The van der Waals surface area contributed by atoms with Crippen LogP contribution in [0.2, 0.25) is 0 Å². The third-order valence-corrected chi connectivity index (χ3v) is 2.78. The number of fused-ring (bicyclic) bond motifs is 1. The molecule has 0 unspecified atom stereocenters. The summed E-state index contributed by atoms with van der Waals surface area (Å²) in [7, 11) is 0. The van der Waals surface area contributed by atoms with Crippen LogP contribution in [0, 0.1) is 6.92 Å². The van der Waals surface area contributed by atoms with Crippen LogP contribution in [-0.2, 0) is 11.3 Å². The van der Waals surface area contributed by atoms with E-state index >= 15 is 0 Å². The molecular formula is C11H13BrO2. The normalized spacial score (nSPS) is 18.6. The Hall–Kier alpha value is -0.540. The zero-order chi connectivity index (χ0) is 10.3. The van der Waals surface area contributed by atoms with Gasteiger partial charge in [0.05, 0.1) is 11.1 Å². The summed E-state index contributed by atoms with van der Waals surface area (Å²) in [6.07, 6.45) is 0. The van der Waals surface area contributed by atoms with Crippen molar-refractivity contribution in [2.45, 2.75) is 33.2 Å². The fraction of sp³-hybridized carbons (Fsp3) is 0.455. The van der Waals surface area contributed by atoms with Crippen molar-refractivity contribution in [3.8, 4) is 5.75 Å². The number of aryl methyl sites for hydroxylation is 1. The number of hydrogen-bond donors (Lipinski definition) is 0. The van der Waals surface area contributed by atoms with E-state index in [1.54, 1.807) is 0 Å². The number of rotatable bonds is 0. The first-order valence-corrected chi connectivity index (χ1v) is 5.39. The van der Waals surface area contributed by atoms with Crippen molar-refractivity contribution >= 4 is 15.9 Å². The molecule has 0 atom stereocenters. The molecule has 0 aliphatic carbocycles. The fourth-order valence-corrected chi connectivity index (χ4v) is 2.25. The summed E-state index contributed by atoms with van der Waals surface area (Å²) >= 11 is 3.50. The molecule has 1 heterocycles. The van der Waals surface area contributed by atoms with Crippen molar-refractivity contribution in [2.75, 3.05) is 0 Å². The molecule has 76 valence electrons. The summed E-state index contributed by atoms with van der Waals surface area (Å²) in [5.74, 6) is 0.386. The lowest BCUT2D eigenvalue weighted by Crippen LogP contribution is -2.35. The molecule has 0 fully saturated rings. The van der Waals surface area contributed by atoms with Gasteiger partial charge in [0.15, 0.2) is 0 Å². The SMILES string of the molecule is Cc1cc(Br)c2c(c1)COC(C)(C)O2. The van der Waals surface area contributed by atoms with Crippen molar-refractivity contribution in [1.82, 2.24) is 0 Å². The summed E-state index contributed by atoms with van der Waals surface area (Å²) in [5.41, 5.74) is 2.32. The second kappa shape index (κ2) is 3.24. The van der Waals surface area contributed by atoms with Crippen LogP contribution in [-0.4, -0.2) is 5.79 Å². The summed E-state index contributed by atoms with van der Waals surface area (Å²) < 4.78 is 12.3. The van der Waals surface area contributed by atoms with Crippen LogP contribution in [0.15, 0.2) is 16.6 Å². The molecule has 1 aliphatic rings. The quantitative estimate of drug-likeness (QED) is 0.709. The Morgan fingerprint density at radius 1 is 1.36 bits per heavy atom. The summed E-state index contributed by atoms with van der Waals surface area (Å²) in [4.78, 5) is 0. The Bertz CT molecular complexity index is 372. The topological polar surface area (TPSA) is 18.5 Å². The molecule has 0 aromatic heterocycles. The Morgan fingerprint density at radius 2 is 2.07 bits per heavy atom. The zero-order valence-electron chi connectivity index (χ0n) is 8.56. The van der Waals surface area contributed by atoms with E-state index in [9.17, 15) is 0 Å². The maximum atomic E-state index is 5.74. The third kappa shape index (κ3) is 1.79. The van der Waals surface area contributed by atoms with Gasteiger partial charge in [0.2, 0.25) is 5.79 Å². The average Bonchev–Trinajstić information content (AvgIpc) is 2.06. The molecular weight excluding hydrogens is 244 g/mol. The van der Waals surface area contributed by atoms with Gasteiger partial charge in [-0.25, -0.2) is 0 Å². The van der Waals surface area contributed by atoms with Crippen LogP contribution in [0.3, 0.4) is 0 Å². The number of ether oxygens (including phenoxy) is 2. The summed E-state index contributed by atoms with van der Waals surface area (Å²) in [5, 5.41) is 0. The van der Waals surface area contributed by atoms with E-state index in [2.05, 4.69) is 35.0 Å². The van der Waals surface area contributed by atoms with Crippen molar-refractivity contribution in [2.24, 2.45) is 0 Å². The van der Waals surface area contributed by atoms with Gasteiger partial charge in [-0.2, -0.15) is 0 Å². The van der Waals surface area contributed by atoms with Crippen LogP contribution >= 0.6 is 15.9 Å². The van der Waals surface area contributed by atoms with Gasteiger partial charge in [0.25, 0.3) is 0 Å². The summed E-state index contributed by atoms with van der Waals surface area (Å²) in [6, 6.07) is 4.15. The van der Waals surface area contributed by atoms with Crippen LogP contribution in [0.4, 0.5) is 0 Å². The Balaban J connectivity index is 2.47. The minimum absolute atomic E-state index is 0.523. The molecule has 0 bridgehead atoms. The Kier molecular flexibility index (Phi) is 2.32. The largest absolute Gasteiger partial charge is 0.461 e. The minimum Gasteiger partial charge on any atom is -0.461 e. The second-order valence-corrected chi connectivity index (χ2v) is 4.88. The lowest BCUT2D eigenvalue weighted by molar-refractivity contribution is -0.180. The molecule has 3 heteroatoms. The predicted molar refractivity (Wildman–Crippen MR) is 58.4 cm³/mol. The molecule has 1 aromatic rings. The highest BCUT2D eigenvalue weighted by atomic mass is 79.9. The molecule has 1 aromatic carbocycles. The highest BCUT2D eigenvalue weighted by molar-refractivity contribution is 9.10. The van der Waals surface area contributed by atoms with E-state index < -0.39 is 5.79 Å². The van der Waals surface area contributed by atoms with Crippen molar-refractivity contribution in [3.05, 3.63) is 27.7 Å². The van der Waals surface area contributed by atoms with Gasteiger partial charge in [-0.15, -0.1) is 0 Å². The van der Waals surface area contributed by atoms with Gasteiger partial charge < -0.3 is 9.47 Å². The minimum atomic E-state index is -0.523. The van der Waals surface area contributed by atoms with Crippen LogP contribution in [0.25, 0.3) is 0 Å². The molecule has 0 spiro atoms. The van der Waals surface area contributed by atoms with E-state index in [1.165, 1.54) is 5.56 Å². The first kappa shape index (κ1) is 9.99. The predicted octanol–water partition coefficient (Wildman–Crippen LogP) is 3.40. The second-order valence-electron chi connectivity index (χ2n) is 4.03. The van der Waals surface area contributed by atoms with Gasteiger partial charge in [-0.3, -0.25) is 0 Å². The molecule has 2 nitrogen and oxygen atoms in total. The molecule has 0 saturated heterocycles. The smallest absolute Gasteiger partial charge is 0.205 e. The third-order valence-electron chi connectivity index (χ3n) is 2.19. The van der Waals surface area contributed by atoms with E-state index in [0.717, 1.165) is 15.8 Å². The van der Waals surface area contributed by atoms with E-state index in [-0.39, 0.29) is 0 Å². The standard InChI is InChI=1S/C11H13BrO2/c1-7-4-8-6-13-11(2,3)14-10(8)9(12)5-7/h4-5H,6H2,1-3H3. The molecule has 1 aliphatic heterocycles. The molecule has 2 rings (SSSR count). The maximum Gasteiger partial charge on any atom is 0.205 e. The number of hydrogen-bond acceptors (Lipinski definition) is 2. The zero-order valence-corrected chi connectivity index (χ0v) is 10.1. The maximum absolute atomic E-state index is 5.74. The fourth-order valence-electron chi connectivity index (χ4n) is 1.55. The highest BCUT2D eigenvalue weighted by Crippen LogP contribution is 2.37. The molecule has 0 radical (unpaired) electrons. The molecule has 0 saturated carbocycles. The van der Waals surface area contributed by atoms with Crippen LogP contribution in [0.5, 0.6) is 5.75 Å². The average molecular weight is 257 g/mol. The van der Waals surface area contributed by atoms with Gasteiger partial charge in [-0.1, -0.05) is 0 Å². The van der Waals surface area contributed by atoms with Gasteiger partial charge in [0.1, 0.15) is 5.75 Å². The summed E-state index contributed by atoms with van der Waals surface area (Å²) in [6.45, 7) is 6.51. The molecule has 0 amide bonds. The first-order valence-electron chi connectivity index (χ1n) is 4.60. The van der Waals surface area contributed by atoms with Crippen molar-refractivity contribution < 1.29 is 9.47 Å². The molecule has 0 N–H and O–H groups in total. The van der Waals surface area contributed by atoms with E-state index in [4.69, 9.17) is 9.47 Å². The molecule has 14 heavy (non-hydrogen) atoms. The van der Waals surface area contributed by atoms with Crippen LogP contribution < -0.4 is 4.74 Å². The highest BCUT2D eigenvalue weighted by Gasteiger charge is 2.28. The van der Waals surface area contributed by atoms with Crippen molar-refractivity contribution in [3.63, 3.8) is 0 Å². The number of benzene rings is 1. The van der Waals surface area contributed by atoms with Gasteiger partial charge >= 0.3 is 0 Å². The van der Waals surface area contributed by atoms with E-state index in [1.807, 2.05) is 13.8 Å². The first-order chi connectivity index (χ1) is 6.48. The van der Waals surface area contributed by atoms with Crippen molar-refractivity contribution in [1.29, 1.82) is 0 Å². The van der Waals surface area contributed by atoms with Gasteiger partial charge in [0, 0.05) is 19.4 Å². The van der Waals surface area contributed by atoms with Crippen LogP contribution in [0.1, 0.15) is 25.0 Å². The Morgan fingerprint density at radius 3 is 2.79 bits per heavy atom. The number of halogens is 1. The lowest BCUT2D eigenvalue weighted by atomic mass is 10.1. The lowest BCUT2D eigenvalue weighted by Gasteiger charge is -2.33.